The van der Waals surface area contributed by atoms with E-state index in [9.17, 15) is 0 Å². The summed E-state index contributed by atoms with van der Waals surface area (Å²) in [6.45, 7) is 5.33. The Morgan fingerprint density at radius 2 is 0.529 bits per heavy atom. The van der Waals surface area contributed by atoms with Crippen LogP contribution >= 0.6 is 0 Å². The topological polar surface area (TPSA) is 151 Å². The Kier molecular flexibility index (Phi) is 15.2. The van der Waals surface area contributed by atoms with E-state index >= 15 is 0 Å². The van der Waals surface area contributed by atoms with Crippen LogP contribution < -0.4 is 10.5 Å². The quantitative estimate of drug-likeness (QED) is 0.0921. The molecule has 0 radical (unpaired) electrons. The lowest BCUT2D eigenvalue weighted by Crippen LogP contribution is -2.09. The molecule has 0 aliphatic heterocycles. The molecule has 11 heteroatoms. The van der Waals surface area contributed by atoms with Crippen LogP contribution in [0.2, 0.25) is 0 Å². The Hall–Kier alpha value is -11.0. The Morgan fingerprint density at radius 3 is 0.765 bits per heavy atom. The molecule has 0 saturated carbocycles. The summed E-state index contributed by atoms with van der Waals surface area (Å²) < 4.78 is 6.87. The molecule has 0 unspecified atom stereocenters. The summed E-state index contributed by atoms with van der Waals surface area (Å²) >= 11 is 0. The average Bonchev–Trinajstić information content (AvgIpc) is 1.28. The number of hydrogen-bond acceptors (Lipinski definition) is 11. The van der Waals surface area contributed by atoms with Crippen LogP contribution in [0, 0.1) is 13.8 Å². The van der Waals surface area contributed by atoms with Crippen molar-refractivity contribution in [3.8, 4) is 141 Å². The minimum Gasteiger partial charge on any atom is -0.493 e. The number of pyridine rings is 9. The lowest BCUT2D eigenvalue weighted by molar-refractivity contribution is 0.309. The molecule has 0 spiro atoms. The third-order valence-corrected chi connectivity index (χ3v) is 15.1. The fraction of sp³-hybridized carbons (Fsp3) is 0.0676. The minimum absolute atomic E-state index is 0.467. The van der Waals surface area contributed by atoms with Crippen molar-refractivity contribution in [2.24, 2.45) is 5.73 Å². The van der Waals surface area contributed by atoms with Crippen LogP contribution in [0.4, 0.5) is 0 Å². The van der Waals surface area contributed by atoms with Gasteiger partial charge in [-0.2, -0.15) is 0 Å². The molecule has 9 aromatic heterocycles. The van der Waals surface area contributed by atoms with Crippen molar-refractivity contribution in [3.63, 3.8) is 0 Å². The van der Waals surface area contributed by atoms with Gasteiger partial charge in [-0.15, -0.1) is 0 Å². The van der Waals surface area contributed by atoms with E-state index in [1.54, 1.807) is 37.2 Å². The Bertz CT molecular complexity index is 4070. The standard InChI is InChI=1S/C74H56N10O/c1-48-71(53-28-22-50(23-29-53)56-42-65(59-16-3-9-35-76-59)82-66(43-56)60-17-4-10-36-77-60)73(55-32-26-52(27-33-55)58-46-69(63-20-7-13-39-80-63)84-70(47-58)64-21-8-14-40-81-64)72(49(2)74(48)85-41-15-34-75)54-30-24-51(25-31-54)57-44-67(61-18-5-11-37-78-61)83-68(45-57)62-19-6-12-38-79-62/h3-14,16-33,35-40,42-47H,15,34,41,75H2,1-2H3. The molecule has 0 atom stereocenters. The zero-order valence-corrected chi connectivity index (χ0v) is 46.9. The predicted molar refractivity (Wildman–Crippen MR) is 340 cm³/mol. The molecule has 13 rings (SSSR count). The first-order chi connectivity index (χ1) is 41.9. The monoisotopic (exact) mass is 1100 g/mol. The number of nitrogens with zero attached hydrogens (tertiary/aromatic N) is 9. The van der Waals surface area contributed by atoms with Gasteiger partial charge in [-0.3, -0.25) is 29.9 Å². The highest BCUT2D eigenvalue weighted by atomic mass is 16.5. The maximum Gasteiger partial charge on any atom is 0.126 e. The van der Waals surface area contributed by atoms with Crippen molar-refractivity contribution in [1.82, 2.24) is 44.9 Å². The van der Waals surface area contributed by atoms with Crippen LogP contribution in [0.15, 0.2) is 256 Å². The Labute approximate surface area is 493 Å². The molecule has 0 fully saturated rings. The summed E-state index contributed by atoms with van der Waals surface area (Å²) in [7, 11) is 0. The molecule has 13 aromatic rings. The molecule has 0 bridgehead atoms. The number of ether oxygens (including phenoxy) is 1. The molecule has 9 heterocycles. The van der Waals surface area contributed by atoms with Crippen molar-refractivity contribution in [2.75, 3.05) is 13.2 Å². The maximum absolute atomic E-state index is 6.87. The van der Waals surface area contributed by atoms with Gasteiger partial charge in [0.15, 0.2) is 0 Å². The zero-order valence-electron chi connectivity index (χ0n) is 46.9. The number of benzene rings is 4. The highest BCUT2D eigenvalue weighted by Gasteiger charge is 2.25. The molecule has 2 N–H and O–H groups in total. The summed E-state index contributed by atoms with van der Waals surface area (Å²) in [4.78, 5) is 43.3. The largest absolute Gasteiger partial charge is 0.493 e. The lowest BCUT2D eigenvalue weighted by atomic mass is 9.81. The second-order valence-corrected chi connectivity index (χ2v) is 20.6. The Balaban J connectivity index is 0.985. The van der Waals surface area contributed by atoms with Crippen molar-refractivity contribution < 1.29 is 4.74 Å². The third-order valence-electron chi connectivity index (χ3n) is 15.1. The van der Waals surface area contributed by atoms with Crippen LogP contribution in [0.5, 0.6) is 5.75 Å². The molecule has 4 aromatic carbocycles. The van der Waals surface area contributed by atoms with E-state index < -0.39 is 0 Å². The summed E-state index contributed by atoms with van der Waals surface area (Å²) in [5.74, 6) is 0.830. The van der Waals surface area contributed by atoms with Crippen LogP contribution in [0.1, 0.15) is 17.5 Å². The number of rotatable bonds is 16. The van der Waals surface area contributed by atoms with Gasteiger partial charge in [0.05, 0.1) is 74.9 Å². The highest BCUT2D eigenvalue weighted by molar-refractivity contribution is 6.00. The first-order valence-corrected chi connectivity index (χ1v) is 28.3. The van der Waals surface area contributed by atoms with Crippen LogP contribution in [-0.2, 0) is 0 Å². The third kappa shape index (κ3) is 11.4. The van der Waals surface area contributed by atoms with Crippen LogP contribution in [0.3, 0.4) is 0 Å². The zero-order chi connectivity index (χ0) is 57.5. The second-order valence-electron chi connectivity index (χ2n) is 20.6. The molecule has 408 valence electrons. The number of aromatic nitrogens is 9. The lowest BCUT2D eigenvalue weighted by Gasteiger charge is -2.25. The van der Waals surface area contributed by atoms with E-state index in [-0.39, 0.29) is 0 Å². The predicted octanol–water partition coefficient (Wildman–Crippen LogP) is 16.6. The molecule has 0 amide bonds. The van der Waals surface area contributed by atoms with Gasteiger partial charge in [0.2, 0.25) is 0 Å². The normalized spacial score (nSPS) is 11.1. The maximum atomic E-state index is 6.87. The van der Waals surface area contributed by atoms with E-state index in [0.29, 0.717) is 19.6 Å². The molecule has 0 aliphatic carbocycles. The molecular formula is C74H56N10O. The molecule has 0 saturated heterocycles. The summed E-state index contributed by atoms with van der Waals surface area (Å²) in [6, 6.07) is 74.5. The van der Waals surface area contributed by atoms with Crippen molar-refractivity contribution in [1.29, 1.82) is 0 Å². The molecular weight excluding hydrogens is 1040 g/mol. The smallest absolute Gasteiger partial charge is 0.126 e. The van der Waals surface area contributed by atoms with Crippen LogP contribution in [-0.4, -0.2) is 58.0 Å². The van der Waals surface area contributed by atoms with Gasteiger partial charge in [0, 0.05) is 37.2 Å². The fourth-order valence-electron chi connectivity index (χ4n) is 10.9. The fourth-order valence-corrected chi connectivity index (χ4v) is 10.9. The van der Waals surface area contributed by atoms with Crippen molar-refractivity contribution in [2.45, 2.75) is 20.3 Å². The number of nitrogens with two attached hydrogens (primary N) is 1. The van der Waals surface area contributed by atoms with E-state index in [0.717, 1.165) is 152 Å². The van der Waals surface area contributed by atoms with Gasteiger partial charge >= 0.3 is 0 Å². The van der Waals surface area contributed by atoms with E-state index in [1.807, 2.05) is 109 Å². The summed E-state index contributed by atoms with van der Waals surface area (Å²) in [6.07, 6.45) is 11.5. The van der Waals surface area contributed by atoms with Crippen molar-refractivity contribution in [3.05, 3.63) is 267 Å². The summed E-state index contributed by atoms with van der Waals surface area (Å²) in [5.41, 5.74) is 29.7. The van der Waals surface area contributed by atoms with E-state index in [4.69, 9.17) is 35.4 Å². The first kappa shape index (κ1) is 53.3. The minimum atomic E-state index is 0.467. The highest BCUT2D eigenvalue weighted by Crippen LogP contribution is 2.50. The van der Waals surface area contributed by atoms with Gasteiger partial charge in [-0.05, 0) is 214 Å². The Morgan fingerprint density at radius 1 is 0.282 bits per heavy atom. The number of hydrogen-bond donors (Lipinski definition) is 1. The van der Waals surface area contributed by atoms with Crippen molar-refractivity contribution >= 4 is 0 Å². The average molecular weight is 1100 g/mol. The summed E-state index contributed by atoms with van der Waals surface area (Å²) in [5, 5.41) is 0. The van der Waals surface area contributed by atoms with E-state index in [1.165, 1.54) is 0 Å². The van der Waals surface area contributed by atoms with Gasteiger partial charge in [-0.1, -0.05) is 109 Å². The molecule has 0 aliphatic rings. The van der Waals surface area contributed by atoms with Gasteiger partial charge in [0.1, 0.15) is 5.75 Å². The first-order valence-electron chi connectivity index (χ1n) is 28.3. The van der Waals surface area contributed by atoms with Gasteiger partial charge < -0.3 is 10.5 Å². The molecule has 11 nitrogen and oxygen atoms in total. The van der Waals surface area contributed by atoms with E-state index in [2.05, 4.69) is 143 Å². The van der Waals surface area contributed by atoms with Gasteiger partial charge in [-0.25, -0.2) is 15.0 Å². The molecule has 85 heavy (non-hydrogen) atoms. The SMILES string of the molecule is Cc1c(OCCCN)c(C)c(-c2ccc(-c3cc(-c4ccccn4)nc(-c4ccccn4)c3)cc2)c(-c2ccc(-c3cc(-c4ccccn4)nc(-c4ccccn4)c3)cc2)c1-c1ccc(-c2cc(-c3ccccn3)nc(-c3ccccn3)c2)cc1. The van der Waals surface area contributed by atoms with Crippen LogP contribution in [0.25, 0.3) is 135 Å². The second kappa shape index (κ2) is 24.2. The van der Waals surface area contributed by atoms with Gasteiger partial charge in [0.25, 0.3) is 0 Å².